The highest BCUT2D eigenvalue weighted by Gasteiger charge is 2.03. The summed E-state index contributed by atoms with van der Waals surface area (Å²) in [5.74, 6) is 0.929. The fraction of sp³-hybridized carbons (Fsp3) is 0.353. The molecule has 0 spiro atoms. The van der Waals surface area contributed by atoms with Crippen LogP contribution < -0.4 is 10.1 Å². The number of rotatable bonds is 9. The number of nitrogens with zero attached hydrogens (tertiary/aromatic N) is 1. The first-order valence-corrected chi connectivity index (χ1v) is 7.20. The Morgan fingerprint density at radius 1 is 1.05 bits per heavy atom. The first-order valence-electron chi connectivity index (χ1n) is 7.20. The fourth-order valence-corrected chi connectivity index (χ4v) is 2.00. The maximum atomic E-state index is 5.89. The molecule has 1 aromatic heterocycles. The first-order chi connectivity index (χ1) is 10.4. The summed E-state index contributed by atoms with van der Waals surface area (Å²) >= 11 is 0. The molecule has 0 saturated carbocycles. The molecule has 2 aromatic rings. The molecule has 112 valence electrons. The summed E-state index contributed by atoms with van der Waals surface area (Å²) in [4.78, 5) is 4.30. The summed E-state index contributed by atoms with van der Waals surface area (Å²) in [5, 5.41) is 3.33. The predicted molar refractivity (Wildman–Crippen MR) is 83.5 cm³/mol. The molecule has 1 N–H and O–H groups in total. The van der Waals surface area contributed by atoms with Gasteiger partial charge in [-0.3, -0.25) is 4.98 Å². The lowest BCUT2D eigenvalue weighted by atomic mass is 10.2. The van der Waals surface area contributed by atoms with Crippen LogP contribution in [0.15, 0.2) is 48.7 Å². The molecule has 0 bridgehead atoms. The molecule has 0 unspecified atom stereocenters. The van der Waals surface area contributed by atoms with Crippen LogP contribution in [0, 0.1) is 0 Å². The summed E-state index contributed by atoms with van der Waals surface area (Å²) < 4.78 is 10.9. The van der Waals surface area contributed by atoms with Crippen molar-refractivity contribution in [2.45, 2.75) is 13.0 Å². The molecule has 0 atom stereocenters. The van der Waals surface area contributed by atoms with Crippen LogP contribution in [0.5, 0.6) is 5.75 Å². The topological polar surface area (TPSA) is 43.4 Å². The van der Waals surface area contributed by atoms with Gasteiger partial charge < -0.3 is 14.8 Å². The molecule has 0 radical (unpaired) electrons. The number of hydrogen-bond acceptors (Lipinski definition) is 4. The van der Waals surface area contributed by atoms with Crippen molar-refractivity contribution >= 4 is 0 Å². The van der Waals surface area contributed by atoms with E-state index in [0.717, 1.165) is 36.5 Å². The second-order valence-corrected chi connectivity index (χ2v) is 4.70. The predicted octanol–water partition coefficient (Wildman–Crippen LogP) is 2.44. The minimum absolute atomic E-state index is 0.631. The van der Waals surface area contributed by atoms with Crippen molar-refractivity contribution in [2.75, 3.05) is 26.9 Å². The highest BCUT2D eigenvalue weighted by Crippen LogP contribution is 2.17. The molecule has 1 aromatic carbocycles. The molecule has 2 rings (SSSR count). The van der Waals surface area contributed by atoms with E-state index in [1.165, 1.54) is 0 Å². The smallest absolute Gasteiger partial charge is 0.123 e. The second kappa shape index (κ2) is 9.10. The van der Waals surface area contributed by atoms with E-state index in [1.54, 1.807) is 7.11 Å². The molecule has 0 aliphatic heterocycles. The summed E-state index contributed by atoms with van der Waals surface area (Å²) in [6.45, 7) is 2.96. The molecule has 0 saturated heterocycles. The first kappa shape index (κ1) is 15.5. The Labute approximate surface area is 126 Å². The van der Waals surface area contributed by atoms with E-state index in [2.05, 4.69) is 16.4 Å². The Balaban J connectivity index is 1.82. The fourth-order valence-electron chi connectivity index (χ4n) is 2.00. The van der Waals surface area contributed by atoms with Crippen LogP contribution in [0.3, 0.4) is 0 Å². The maximum absolute atomic E-state index is 5.89. The number of aromatic nitrogens is 1. The molecule has 0 fully saturated rings. The van der Waals surface area contributed by atoms with Crippen LogP contribution in [-0.2, 0) is 17.7 Å². The molecular formula is C17H22N2O2. The van der Waals surface area contributed by atoms with Crippen molar-refractivity contribution in [3.8, 4) is 5.75 Å². The van der Waals surface area contributed by atoms with Gasteiger partial charge in [0.15, 0.2) is 0 Å². The number of benzene rings is 1. The van der Waals surface area contributed by atoms with Crippen LogP contribution in [-0.4, -0.2) is 31.9 Å². The lowest BCUT2D eigenvalue weighted by Gasteiger charge is -2.12. The van der Waals surface area contributed by atoms with Crippen molar-refractivity contribution in [1.82, 2.24) is 10.3 Å². The Hall–Kier alpha value is -1.91. The largest absolute Gasteiger partial charge is 0.493 e. The van der Waals surface area contributed by atoms with Gasteiger partial charge in [0.25, 0.3) is 0 Å². The summed E-state index contributed by atoms with van der Waals surface area (Å²) in [6, 6.07) is 14.0. The number of nitrogens with one attached hydrogen (secondary N) is 1. The van der Waals surface area contributed by atoms with Crippen molar-refractivity contribution in [3.05, 3.63) is 59.9 Å². The zero-order valence-electron chi connectivity index (χ0n) is 12.4. The molecule has 1 heterocycles. The third-order valence-corrected chi connectivity index (χ3v) is 3.11. The van der Waals surface area contributed by atoms with E-state index < -0.39 is 0 Å². The van der Waals surface area contributed by atoms with Gasteiger partial charge in [-0.1, -0.05) is 24.3 Å². The van der Waals surface area contributed by atoms with Crippen LogP contribution in [0.2, 0.25) is 0 Å². The molecule has 21 heavy (non-hydrogen) atoms. The third-order valence-electron chi connectivity index (χ3n) is 3.11. The van der Waals surface area contributed by atoms with Gasteiger partial charge in [0.2, 0.25) is 0 Å². The van der Waals surface area contributed by atoms with Gasteiger partial charge in [-0.2, -0.15) is 0 Å². The van der Waals surface area contributed by atoms with Gasteiger partial charge in [0.05, 0.1) is 13.2 Å². The van der Waals surface area contributed by atoms with Crippen LogP contribution in [0.4, 0.5) is 0 Å². The Morgan fingerprint density at radius 2 is 1.90 bits per heavy atom. The van der Waals surface area contributed by atoms with Gasteiger partial charge in [-0.25, -0.2) is 0 Å². The Kier molecular flexibility index (Phi) is 6.71. The number of methoxy groups -OCH3 is 1. The second-order valence-electron chi connectivity index (χ2n) is 4.70. The minimum Gasteiger partial charge on any atom is -0.493 e. The SMILES string of the molecule is COCCNCc1ccccc1OCCc1ccccn1. The number of pyridine rings is 1. The van der Waals surface area contributed by atoms with Crippen molar-refractivity contribution in [3.63, 3.8) is 0 Å². The van der Waals surface area contributed by atoms with E-state index in [9.17, 15) is 0 Å². The lowest BCUT2D eigenvalue weighted by Crippen LogP contribution is -2.19. The number of para-hydroxylation sites is 1. The van der Waals surface area contributed by atoms with E-state index in [-0.39, 0.29) is 0 Å². The van der Waals surface area contributed by atoms with E-state index in [0.29, 0.717) is 13.2 Å². The standard InChI is InChI=1S/C17H22N2O2/c1-20-13-11-18-14-15-6-2-3-8-17(15)21-12-9-16-7-4-5-10-19-16/h2-8,10,18H,9,11-14H2,1H3. The Bertz CT molecular complexity index is 517. The maximum Gasteiger partial charge on any atom is 0.123 e. The van der Waals surface area contributed by atoms with Crippen molar-refractivity contribution < 1.29 is 9.47 Å². The Morgan fingerprint density at radius 3 is 2.71 bits per heavy atom. The number of ether oxygens (including phenoxy) is 2. The van der Waals surface area contributed by atoms with Gasteiger partial charge >= 0.3 is 0 Å². The summed E-state index contributed by atoms with van der Waals surface area (Å²) in [6.07, 6.45) is 2.62. The quantitative estimate of drug-likeness (QED) is 0.719. The molecule has 4 nitrogen and oxygen atoms in total. The van der Waals surface area contributed by atoms with E-state index in [1.807, 2.05) is 42.6 Å². The zero-order valence-corrected chi connectivity index (χ0v) is 12.4. The molecule has 0 aliphatic carbocycles. The normalized spacial score (nSPS) is 10.5. The van der Waals surface area contributed by atoms with Gasteiger partial charge in [0.1, 0.15) is 5.75 Å². The monoisotopic (exact) mass is 286 g/mol. The molecule has 4 heteroatoms. The van der Waals surface area contributed by atoms with Crippen LogP contribution >= 0.6 is 0 Å². The average Bonchev–Trinajstić information content (AvgIpc) is 2.54. The number of hydrogen-bond donors (Lipinski definition) is 1. The lowest BCUT2D eigenvalue weighted by molar-refractivity contribution is 0.199. The van der Waals surface area contributed by atoms with Gasteiger partial charge in [-0.15, -0.1) is 0 Å². The highest BCUT2D eigenvalue weighted by atomic mass is 16.5. The van der Waals surface area contributed by atoms with Gasteiger partial charge in [0, 0.05) is 44.1 Å². The minimum atomic E-state index is 0.631. The molecule has 0 amide bonds. The van der Waals surface area contributed by atoms with E-state index in [4.69, 9.17) is 9.47 Å². The molecular weight excluding hydrogens is 264 g/mol. The van der Waals surface area contributed by atoms with Crippen LogP contribution in [0.1, 0.15) is 11.3 Å². The van der Waals surface area contributed by atoms with Crippen LogP contribution in [0.25, 0.3) is 0 Å². The highest BCUT2D eigenvalue weighted by molar-refractivity contribution is 5.33. The zero-order chi connectivity index (χ0) is 14.8. The molecule has 0 aliphatic rings. The van der Waals surface area contributed by atoms with E-state index >= 15 is 0 Å². The summed E-state index contributed by atoms with van der Waals surface area (Å²) in [5.41, 5.74) is 2.21. The summed E-state index contributed by atoms with van der Waals surface area (Å²) in [7, 11) is 1.70. The average molecular weight is 286 g/mol. The third kappa shape index (κ3) is 5.53. The van der Waals surface area contributed by atoms with Crippen molar-refractivity contribution in [1.29, 1.82) is 0 Å². The van der Waals surface area contributed by atoms with Gasteiger partial charge in [-0.05, 0) is 18.2 Å². The van der Waals surface area contributed by atoms with Crippen molar-refractivity contribution in [2.24, 2.45) is 0 Å².